The minimum Gasteiger partial charge on any atom is -0.378 e. The van der Waals surface area contributed by atoms with Gasteiger partial charge in [-0.1, -0.05) is 0 Å². The summed E-state index contributed by atoms with van der Waals surface area (Å²) in [6.45, 7) is 4.61. The summed E-state index contributed by atoms with van der Waals surface area (Å²) in [5.74, 6) is 0. The van der Waals surface area contributed by atoms with E-state index in [1.807, 2.05) is 0 Å². The van der Waals surface area contributed by atoms with Crippen molar-refractivity contribution in [1.29, 1.82) is 0 Å². The minimum absolute atomic E-state index is 0.190. The standard InChI is InChI=1S/C7H16N2O/c1-6-4-10-5-7(8)3-9(6)2/h6-7H,3-5,8H2,1-2H3. The molecule has 0 aromatic heterocycles. The largest absolute Gasteiger partial charge is 0.378 e. The molecule has 60 valence electrons. The van der Waals surface area contributed by atoms with Crippen molar-refractivity contribution in [2.24, 2.45) is 5.73 Å². The van der Waals surface area contributed by atoms with Crippen LogP contribution in [0.15, 0.2) is 0 Å². The van der Waals surface area contributed by atoms with Gasteiger partial charge in [0.05, 0.1) is 13.2 Å². The van der Waals surface area contributed by atoms with E-state index in [2.05, 4.69) is 18.9 Å². The van der Waals surface area contributed by atoms with Crippen LogP contribution in [0.2, 0.25) is 0 Å². The molecular weight excluding hydrogens is 128 g/mol. The molecule has 1 saturated heterocycles. The summed E-state index contributed by atoms with van der Waals surface area (Å²) in [7, 11) is 2.08. The fourth-order valence-corrected chi connectivity index (χ4v) is 1.12. The number of rotatable bonds is 0. The maximum Gasteiger partial charge on any atom is 0.0630 e. The van der Waals surface area contributed by atoms with Crippen molar-refractivity contribution in [3.63, 3.8) is 0 Å². The van der Waals surface area contributed by atoms with Gasteiger partial charge in [-0.15, -0.1) is 0 Å². The molecule has 0 aliphatic carbocycles. The molecule has 0 spiro atoms. The predicted octanol–water partition coefficient (Wildman–Crippen LogP) is -0.336. The first-order valence-corrected chi connectivity index (χ1v) is 3.73. The third-order valence-corrected chi connectivity index (χ3v) is 1.97. The zero-order chi connectivity index (χ0) is 7.56. The van der Waals surface area contributed by atoms with Crippen LogP contribution >= 0.6 is 0 Å². The van der Waals surface area contributed by atoms with Crippen LogP contribution in [0.5, 0.6) is 0 Å². The van der Waals surface area contributed by atoms with E-state index >= 15 is 0 Å². The average Bonchev–Trinajstić information content (AvgIpc) is 1.96. The Hall–Kier alpha value is -0.120. The first-order valence-electron chi connectivity index (χ1n) is 3.73. The maximum absolute atomic E-state index is 5.72. The van der Waals surface area contributed by atoms with Gasteiger partial charge in [-0.2, -0.15) is 0 Å². The number of hydrogen-bond acceptors (Lipinski definition) is 3. The Kier molecular flexibility index (Phi) is 2.65. The minimum atomic E-state index is 0.190. The lowest BCUT2D eigenvalue weighted by Gasteiger charge is -2.21. The lowest BCUT2D eigenvalue weighted by Crippen LogP contribution is -2.38. The third-order valence-electron chi connectivity index (χ3n) is 1.97. The van der Waals surface area contributed by atoms with E-state index in [1.165, 1.54) is 0 Å². The van der Waals surface area contributed by atoms with Crippen molar-refractivity contribution in [3.8, 4) is 0 Å². The van der Waals surface area contributed by atoms with Gasteiger partial charge in [0.2, 0.25) is 0 Å². The lowest BCUT2D eigenvalue weighted by molar-refractivity contribution is 0.112. The molecule has 2 unspecified atom stereocenters. The Bertz CT molecular complexity index is 108. The molecule has 3 heteroatoms. The van der Waals surface area contributed by atoms with Gasteiger partial charge in [0.15, 0.2) is 0 Å². The Balaban J connectivity index is 2.41. The van der Waals surface area contributed by atoms with Crippen molar-refractivity contribution in [2.75, 3.05) is 26.8 Å². The van der Waals surface area contributed by atoms with E-state index < -0.39 is 0 Å². The topological polar surface area (TPSA) is 38.5 Å². The number of nitrogens with two attached hydrogens (primary N) is 1. The molecule has 0 saturated carbocycles. The Labute approximate surface area is 62.1 Å². The van der Waals surface area contributed by atoms with Crippen molar-refractivity contribution in [1.82, 2.24) is 4.90 Å². The van der Waals surface area contributed by atoms with E-state index in [0.29, 0.717) is 12.6 Å². The second-order valence-corrected chi connectivity index (χ2v) is 3.09. The van der Waals surface area contributed by atoms with Crippen LogP contribution < -0.4 is 5.73 Å². The number of nitrogens with zero attached hydrogens (tertiary/aromatic N) is 1. The van der Waals surface area contributed by atoms with Gasteiger partial charge in [-0.3, -0.25) is 4.90 Å². The molecule has 10 heavy (non-hydrogen) atoms. The van der Waals surface area contributed by atoms with Crippen LogP contribution in [0.4, 0.5) is 0 Å². The summed E-state index contributed by atoms with van der Waals surface area (Å²) in [5.41, 5.74) is 5.72. The van der Waals surface area contributed by atoms with Crippen LogP contribution in [0.1, 0.15) is 6.92 Å². The van der Waals surface area contributed by atoms with Gasteiger partial charge < -0.3 is 10.5 Å². The van der Waals surface area contributed by atoms with Crippen LogP contribution in [0.3, 0.4) is 0 Å². The van der Waals surface area contributed by atoms with E-state index in [4.69, 9.17) is 10.5 Å². The Morgan fingerprint density at radius 2 is 2.20 bits per heavy atom. The highest BCUT2D eigenvalue weighted by atomic mass is 16.5. The van der Waals surface area contributed by atoms with Gasteiger partial charge in [0.1, 0.15) is 0 Å². The fraction of sp³-hybridized carbons (Fsp3) is 1.00. The summed E-state index contributed by atoms with van der Waals surface area (Å²) in [5, 5.41) is 0. The van der Waals surface area contributed by atoms with Gasteiger partial charge in [-0.25, -0.2) is 0 Å². The predicted molar refractivity (Wildman–Crippen MR) is 40.9 cm³/mol. The summed E-state index contributed by atoms with van der Waals surface area (Å²) in [6, 6.07) is 0.698. The van der Waals surface area contributed by atoms with E-state index in [9.17, 15) is 0 Å². The Morgan fingerprint density at radius 1 is 1.50 bits per heavy atom. The summed E-state index contributed by atoms with van der Waals surface area (Å²) in [6.07, 6.45) is 0. The monoisotopic (exact) mass is 144 g/mol. The smallest absolute Gasteiger partial charge is 0.0630 e. The fourth-order valence-electron chi connectivity index (χ4n) is 1.12. The van der Waals surface area contributed by atoms with Crippen LogP contribution in [0, 0.1) is 0 Å². The second kappa shape index (κ2) is 3.32. The molecule has 0 amide bonds. The molecule has 0 aromatic rings. The van der Waals surface area contributed by atoms with Crippen LogP contribution in [-0.4, -0.2) is 43.8 Å². The zero-order valence-corrected chi connectivity index (χ0v) is 6.71. The summed E-state index contributed by atoms with van der Waals surface area (Å²) >= 11 is 0. The number of likely N-dealkylation sites (N-methyl/N-ethyl adjacent to an activating group) is 1. The average molecular weight is 144 g/mol. The molecule has 1 heterocycles. The second-order valence-electron chi connectivity index (χ2n) is 3.09. The number of hydrogen-bond donors (Lipinski definition) is 1. The third kappa shape index (κ3) is 1.94. The quantitative estimate of drug-likeness (QED) is 0.505. The molecular formula is C7H16N2O. The number of ether oxygens (including phenoxy) is 1. The normalized spacial score (nSPS) is 37.5. The molecule has 1 aliphatic rings. The van der Waals surface area contributed by atoms with Gasteiger partial charge >= 0.3 is 0 Å². The highest BCUT2D eigenvalue weighted by molar-refractivity contribution is 4.73. The SMILES string of the molecule is CC1COCC(N)CN1C. The Morgan fingerprint density at radius 3 is 2.90 bits per heavy atom. The summed E-state index contributed by atoms with van der Waals surface area (Å²) < 4.78 is 5.32. The first kappa shape index (κ1) is 7.98. The zero-order valence-electron chi connectivity index (χ0n) is 6.71. The van der Waals surface area contributed by atoms with Crippen LogP contribution in [0.25, 0.3) is 0 Å². The van der Waals surface area contributed by atoms with Crippen molar-refractivity contribution >= 4 is 0 Å². The lowest BCUT2D eigenvalue weighted by atomic mass is 10.3. The van der Waals surface area contributed by atoms with E-state index in [0.717, 1.165) is 13.2 Å². The molecule has 0 aromatic carbocycles. The highest BCUT2D eigenvalue weighted by Crippen LogP contribution is 2.02. The van der Waals surface area contributed by atoms with Gasteiger partial charge in [-0.05, 0) is 14.0 Å². The van der Waals surface area contributed by atoms with E-state index in [1.54, 1.807) is 0 Å². The molecule has 1 rings (SSSR count). The van der Waals surface area contributed by atoms with Crippen molar-refractivity contribution in [2.45, 2.75) is 19.0 Å². The van der Waals surface area contributed by atoms with E-state index in [-0.39, 0.29) is 6.04 Å². The molecule has 2 N–H and O–H groups in total. The molecule has 0 radical (unpaired) electrons. The van der Waals surface area contributed by atoms with Gasteiger partial charge in [0, 0.05) is 18.6 Å². The molecule has 1 aliphatic heterocycles. The molecule has 3 nitrogen and oxygen atoms in total. The molecule has 2 atom stereocenters. The van der Waals surface area contributed by atoms with Gasteiger partial charge in [0.25, 0.3) is 0 Å². The van der Waals surface area contributed by atoms with Crippen molar-refractivity contribution < 1.29 is 4.74 Å². The highest BCUT2D eigenvalue weighted by Gasteiger charge is 2.17. The molecule has 0 bridgehead atoms. The van der Waals surface area contributed by atoms with Crippen molar-refractivity contribution in [3.05, 3.63) is 0 Å². The van der Waals surface area contributed by atoms with Crippen LogP contribution in [-0.2, 0) is 4.74 Å². The maximum atomic E-state index is 5.72. The molecule has 1 fully saturated rings. The summed E-state index contributed by atoms with van der Waals surface area (Å²) in [4.78, 5) is 2.23. The first-order chi connectivity index (χ1) is 4.70.